The molecule has 5 aliphatic heterocycles. The van der Waals surface area contributed by atoms with Crippen molar-refractivity contribution in [3.8, 4) is 0 Å². The minimum atomic E-state index is -0.0535. The van der Waals surface area contributed by atoms with Crippen molar-refractivity contribution in [3.63, 3.8) is 0 Å². The molecule has 0 spiro atoms. The summed E-state index contributed by atoms with van der Waals surface area (Å²) in [6.45, 7) is 7.74. The predicted molar refractivity (Wildman–Crippen MR) is 196 cm³/mol. The van der Waals surface area contributed by atoms with Gasteiger partial charge in [-0.3, -0.25) is 14.8 Å². The molecule has 15 heteroatoms. The molecular weight excluding hydrogens is 669 g/mol. The smallest absolute Gasteiger partial charge is 0.315 e. The van der Waals surface area contributed by atoms with Gasteiger partial charge in [-0.15, -0.1) is 0 Å². The number of unbranched alkanes of at least 4 members (excludes halogenated alkanes) is 1. The van der Waals surface area contributed by atoms with Crippen LogP contribution in [0.3, 0.4) is 0 Å². The van der Waals surface area contributed by atoms with Crippen LogP contribution in [0.15, 0.2) is 55.1 Å². The lowest BCUT2D eigenvalue weighted by atomic mass is 10.0. The van der Waals surface area contributed by atoms with Crippen molar-refractivity contribution in [2.45, 2.75) is 69.2 Å². The number of nitrogens with one attached hydrogen (secondary N) is 4. The van der Waals surface area contributed by atoms with Gasteiger partial charge in [0.1, 0.15) is 0 Å². The highest BCUT2D eigenvalue weighted by Gasteiger charge is 2.42. The fraction of sp³-hybridized carbons (Fsp3) is 0.556. The molecule has 4 N–H and O–H groups in total. The molecule has 7 heterocycles. The maximum atomic E-state index is 12.2. The van der Waals surface area contributed by atoms with Crippen LogP contribution in [-0.4, -0.2) is 117 Å². The Labute approximate surface area is 304 Å². The van der Waals surface area contributed by atoms with Crippen LogP contribution in [0.4, 0.5) is 10.5 Å². The Morgan fingerprint density at radius 3 is 2.08 bits per heavy atom. The lowest BCUT2D eigenvalue weighted by Crippen LogP contribution is -2.36. The zero-order chi connectivity index (χ0) is 34.8. The van der Waals surface area contributed by atoms with Crippen LogP contribution in [0.1, 0.15) is 48.5 Å². The second kappa shape index (κ2) is 17.3. The molecule has 14 nitrogen and oxygen atoms in total. The molecule has 1 unspecified atom stereocenters. The molecule has 0 aromatic carbocycles. The Balaban J connectivity index is 0.772. The molecule has 274 valence electrons. The molecule has 3 atom stereocenters. The van der Waals surface area contributed by atoms with Gasteiger partial charge in [0.25, 0.3) is 0 Å². The van der Waals surface area contributed by atoms with Crippen LogP contribution >= 0.6 is 11.8 Å². The third kappa shape index (κ3) is 10.2. The number of hydrogen-bond donors (Lipinski definition) is 4. The monoisotopic (exact) mass is 718 g/mol. The summed E-state index contributed by atoms with van der Waals surface area (Å²) in [5, 5.41) is 12.9. The number of fused-ring (bicyclic) bond motifs is 9. The number of thioether (sulfide) groups is 1. The molecule has 0 aliphatic carbocycles. The summed E-state index contributed by atoms with van der Waals surface area (Å²) in [4.78, 5) is 42.8. The molecule has 2 aromatic rings. The van der Waals surface area contributed by atoms with Crippen molar-refractivity contribution in [2.24, 2.45) is 0 Å². The standard InChI is InChI=1S/C36H50N10O4S/c47-34(7-2-1-6-33-35-32(24-51-33)41-36(48)42-35)38-9-15-50-17-16-49-14-8-37-29-18-30-22-45-12-10-43(25-45)20-27-4-3-5-28(39-27)21-44-11-13-46(26-44)23-31(19-29)40-30/h3-5,10-13,18-19,32-33,35H,1-2,6-9,14-17,20-26H2,(H,37,40)(H,38,47)(H2,41,42,48)/t32-,33?,35-/m1/s1. The van der Waals surface area contributed by atoms with Crippen molar-refractivity contribution in [1.29, 1.82) is 0 Å². The zero-order valence-corrected chi connectivity index (χ0v) is 30.0. The first kappa shape index (κ1) is 35.2. The molecule has 2 saturated heterocycles. The van der Waals surface area contributed by atoms with E-state index in [1.165, 1.54) is 0 Å². The van der Waals surface area contributed by atoms with Gasteiger partial charge in [0, 0.05) is 61.0 Å². The van der Waals surface area contributed by atoms with Crippen LogP contribution in [0.25, 0.3) is 0 Å². The number of rotatable bonds is 15. The van der Waals surface area contributed by atoms with E-state index in [2.05, 4.69) is 96.0 Å². The SMILES string of the molecule is O=C(CCCCC1SC[C@H]2NC(=O)N[C@@H]12)NCCOCCOCCNc1cc2nc(c1)CN1C=CN(Cc3cccc(n3)CN3C=CN(C2)C3)C1. The van der Waals surface area contributed by atoms with Gasteiger partial charge in [0.05, 0.1) is 101 Å². The van der Waals surface area contributed by atoms with Gasteiger partial charge in [-0.1, -0.05) is 12.5 Å². The fourth-order valence-electron chi connectivity index (χ4n) is 7.11. The van der Waals surface area contributed by atoms with Crippen molar-refractivity contribution < 1.29 is 19.1 Å². The number of anilines is 1. The number of urea groups is 1. The number of amides is 3. The van der Waals surface area contributed by atoms with E-state index in [1.54, 1.807) is 0 Å². The second-order valence-corrected chi connectivity index (χ2v) is 15.0. The summed E-state index contributed by atoms with van der Waals surface area (Å²) >= 11 is 1.91. The molecule has 0 radical (unpaired) electrons. The Kier molecular flexibility index (Phi) is 12.0. The van der Waals surface area contributed by atoms with E-state index in [9.17, 15) is 9.59 Å². The second-order valence-electron chi connectivity index (χ2n) is 13.7. The summed E-state index contributed by atoms with van der Waals surface area (Å²) in [6, 6.07) is 11.0. The van der Waals surface area contributed by atoms with Gasteiger partial charge in [-0.25, -0.2) is 4.79 Å². The van der Waals surface area contributed by atoms with Gasteiger partial charge >= 0.3 is 6.03 Å². The fourth-order valence-corrected chi connectivity index (χ4v) is 8.65. The first-order valence-electron chi connectivity index (χ1n) is 18.1. The van der Waals surface area contributed by atoms with Gasteiger partial charge in [0.2, 0.25) is 5.91 Å². The molecule has 2 aromatic heterocycles. The van der Waals surface area contributed by atoms with E-state index in [1.807, 2.05) is 11.8 Å². The third-order valence-electron chi connectivity index (χ3n) is 9.56. The molecule has 0 saturated carbocycles. The van der Waals surface area contributed by atoms with Crippen molar-refractivity contribution in [2.75, 3.05) is 63.9 Å². The number of hydrogen-bond acceptors (Lipinski definition) is 12. The lowest BCUT2D eigenvalue weighted by Gasteiger charge is -2.24. The van der Waals surface area contributed by atoms with E-state index in [0.29, 0.717) is 51.2 Å². The van der Waals surface area contributed by atoms with Crippen molar-refractivity contribution >= 4 is 29.4 Å². The minimum absolute atomic E-state index is 0.0535. The van der Waals surface area contributed by atoms with Crippen LogP contribution in [0.2, 0.25) is 0 Å². The summed E-state index contributed by atoms with van der Waals surface area (Å²) in [5.74, 6) is 1.02. The topological polar surface area (TPSA) is 139 Å². The van der Waals surface area contributed by atoms with Gasteiger partial charge in [-0.05, 0) is 37.1 Å². The summed E-state index contributed by atoms with van der Waals surface area (Å²) in [6.07, 6.45) is 11.9. The number of nitrogens with zero attached hydrogens (tertiary/aromatic N) is 6. The highest BCUT2D eigenvalue weighted by molar-refractivity contribution is 8.00. The molecule has 7 rings (SSSR count). The Hall–Kier alpha value is -4.21. The Morgan fingerprint density at radius 1 is 0.804 bits per heavy atom. The molecule has 51 heavy (non-hydrogen) atoms. The van der Waals surface area contributed by atoms with Crippen LogP contribution < -0.4 is 21.3 Å². The van der Waals surface area contributed by atoms with Crippen LogP contribution in [0, 0.1) is 0 Å². The molecular formula is C36H50N10O4S. The quantitative estimate of drug-likeness (QED) is 0.159. The Morgan fingerprint density at radius 2 is 1.41 bits per heavy atom. The summed E-state index contributed by atoms with van der Waals surface area (Å²) in [7, 11) is 0. The first-order chi connectivity index (χ1) is 25.0. The molecule has 3 amide bonds. The predicted octanol–water partition coefficient (Wildman–Crippen LogP) is 2.57. The Bertz CT molecular complexity index is 1500. The minimum Gasteiger partial charge on any atom is -0.383 e. The summed E-state index contributed by atoms with van der Waals surface area (Å²) in [5.41, 5.74) is 5.23. The average Bonchev–Trinajstić information content (AvgIpc) is 3.90. The van der Waals surface area contributed by atoms with Crippen LogP contribution in [-0.2, 0) is 40.4 Å². The van der Waals surface area contributed by atoms with E-state index in [0.717, 1.165) is 93.0 Å². The van der Waals surface area contributed by atoms with Crippen molar-refractivity contribution in [3.05, 3.63) is 77.9 Å². The van der Waals surface area contributed by atoms with Gasteiger partial charge in [-0.2, -0.15) is 11.8 Å². The number of carbonyl (C=O) groups excluding carboxylic acids is 2. The highest BCUT2D eigenvalue weighted by atomic mass is 32.2. The van der Waals surface area contributed by atoms with E-state index >= 15 is 0 Å². The molecule has 5 aliphatic rings. The largest absolute Gasteiger partial charge is 0.383 e. The van der Waals surface area contributed by atoms with E-state index in [4.69, 9.17) is 19.4 Å². The number of pyridine rings is 2. The van der Waals surface area contributed by atoms with E-state index < -0.39 is 0 Å². The number of aromatic nitrogens is 2. The maximum Gasteiger partial charge on any atom is 0.315 e. The normalized spacial score (nSPS) is 22.0. The summed E-state index contributed by atoms with van der Waals surface area (Å²) < 4.78 is 11.5. The highest BCUT2D eigenvalue weighted by Crippen LogP contribution is 2.33. The van der Waals surface area contributed by atoms with Gasteiger partial charge in [0.15, 0.2) is 0 Å². The first-order valence-corrected chi connectivity index (χ1v) is 19.2. The number of carbonyl (C=O) groups is 2. The van der Waals surface area contributed by atoms with Crippen molar-refractivity contribution in [1.82, 2.24) is 45.5 Å². The maximum absolute atomic E-state index is 12.2. The molecule has 8 bridgehead atoms. The zero-order valence-electron chi connectivity index (χ0n) is 29.2. The van der Waals surface area contributed by atoms with Crippen LogP contribution in [0.5, 0.6) is 0 Å². The lowest BCUT2D eigenvalue weighted by molar-refractivity contribution is -0.121. The van der Waals surface area contributed by atoms with Gasteiger partial charge < -0.3 is 50.3 Å². The number of ether oxygens (including phenoxy) is 2. The molecule has 2 fully saturated rings. The third-order valence-corrected chi connectivity index (χ3v) is 11.1. The average molecular weight is 719 g/mol. The van der Waals surface area contributed by atoms with E-state index in [-0.39, 0.29) is 24.0 Å².